The van der Waals surface area contributed by atoms with Gasteiger partial charge >= 0.3 is 12.1 Å². The third-order valence-electron chi connectivity index (χ3n) is 6.20. The number of rotatable bonds is 3. The molecular weight excluding hydrogens is 399 g/mol. The Hall–Kier alpha value is -2.42. The summed E-state index contributed by atoms with van der Waals surface area (Å²) in [4.78, 5) is 31.2. The van der Waals surface area contributed by atoms with Gasteiger partial charge in [0, 0.05) is 32.1 Å². The molecule has 3 atom stereocenters. The number of benzene rings is 1. The number of hydrogen-bond acceptors (Lipinski definition) is 4. The fourth-order valence-corrected chi connectivity index (χ4v) is 4.91. The Kier molecular flexibility index (Phi) is 6.21. The number of alkyl halides is 3. The van der Waals surface area contributed by atoms with Crippen LogP contribution in [0.15, 0.2) is 35.3 Å². The molecule has 4 rings (SSSR count). The number of likely N-dealkylation sites (tertiary alicyclic amines) is 1. The first-order chi connectivity index (χ1) is 14.1. The highest BCUT2D eigenvalue weighted by Crippen LogP contribution is 2.50. The molecule has 6 nitrogen and oxygen atoms in total. The van der Waals surface area contributed by atoms with Crippen LogP contribution in [0, 0.1) is 11.8 Å². The number of amidine groups is 1. The van der Waals surface area contributed by atoms with E-state index in [9.17, 15) is 18.0 Å². The van der Waals surface area contributed by atoms with Gasteiger partial charge in [-0.2, -0.15) is 13.2 Å². The van der Waals surface area contributed by atoms with E-state index in [0.717, 1.165) is 44.9 Å². The molecule has 2 aliphatic heterocycles. The predicted molar refractivity (Wildman–Crippen MR) is 105 cm³/mol. The quantitative estimate of drug-likeness (QED) is 0.807. The third-order valence-corrected chi connectivity index (χ3v) is 6.20. The molecule has 1 saturated heterocycles. The van der Waals surface area contributed by atoms with Crippen LogP contribution in [-0.4, -0.2) is 64.0 Å². The number of nitrogens with zero attached hydrogens (tertiary/aromatic N) is 3. The van der Waals surface area contributed by atoms with Crippen LogP contribution in [0.1, 0.15) is 32.3 Å². The molecule has 0 unspecified atom stereocenters. The van der Waals surface area contributed by atoms with Crippen molar-refractivity contribution >= 4 is 17.7 Å². The van der Waals surface area contributed by atoms with Crippen LogP contribution in [0.25, 0.3) is 0 Å². The Morgan fingerprint density at radius 1 is 1.27 bits per heavy atom. The molecule has 1 amide bonds. The van der Waals surface area contributed by atoms with Crippen molar-refractivity contribution in [3.05, 3.63) is 35.9 Å². The smallest absolute Gasteiger partial charge is 0.475 e. The highest BCUT2D eigenvalue weighted by Gasteiger charge is 2.60. The Balaban J connectivity index is 0.000000318. The number of aliphatic carboxylic acids is 1. The Bertz CT molecular complexity index is 828. The summed E-state index contributed by atoms with van der Waals surface area (Å²) >= 11 is 0. The predicted octanol–water partition coefficient (Wildman–Crippen LogP) is 3.18. The Morgan fingerprint density at radius 2 is 1.90 bits per heavy atom. The highest BCUT2D eigenvalue weighted by atomic mass is 19.4. The molecule has 0 radical (unpaired) electrons. The second kappa shape index (κ2) is 8.37. The summed E-state index contributed by atoms with van der Waals surface area (Å²) in [5.41, 5.74) is 0.907. The van der Waals surface area contributed by atoms with Crippen molar-refractivity contribution in [3.63, 3.8) is 0 Å². The summed E-state index contributed by atoms with van der Waals surface area (Å²) in [5.74, 6) is -0.569. The van der Waals surface area contributed by atoms with Crippen LogP contribution in [0.5, 0.6) is 0 Å². The average Bonchev–Trinajstić information content (AvgIpc) is 3.30. The molecule has 9 heteroatoms. The first-order valence-electron chi connectivity index (χ1n) is 10.0. The van der Waals surface area contributed by atoms with Crippen molar-refractivity contribution in [1.82, 2.24) is 9.80 Å². The van der Waals surface area contributed by atoms with Crippen molar-refractivity contribution in [2.24, 2.45) is 16.8 Å². The van der Waals surface area contributed by atoms with Crippen molar-refractivity contribution in [1.29, 1.82) is 0 Å². The van der Waals surface area contributed by atoms with Crippen LogP contribution in [0.3, 0.4) is 0 Å². The summed E-state index contributed by atoms with van der Waals surface area (Å²) in [5, 5.41) is 7.12. The number of fused-ring (bicyclic) bond motifs is 2. The normalized spacial score (nSPS) is 28.4. The lowest BCUT2D eigenvalue weighted by Crippen LogP contribution is -2.46. The fourth-order valence-electron chi connectivity index (χ4n) is 4.91. The number of carboxylic acids is 1. The summed E-state index contributed by atoms with van der Waals surface area (Å²) in [7, 11) is 0. The van der Waals surface area contributed by atoms with Gasteiger partial charge in [0.2, 0.25) is 0 Å². The molecule has 1 aromatic rings. The van der Waals surface area contributed by atoms with E-state index >= 15 is 0 Å². The molecule has 1 aliphatic carbocycles. The van der Waals surface area contributed by atoms with Crippen molar-refractivity contribution in [2.75, 3.05) is 19.6 Å². The zero-order chi connectivity index (χ0) is 22.1. The standard InChI is InChI=1S/C19H25N3O.C2HF3O2/c1-3-22-14(2)20-19(18(22)23)10-9-16-12-21(13-17(16)19)11-15-7-5-4-6-8-15;3-2(4,5)1(6)7/h4-8,16-17H,3,9-13H2,1-2H3;(H,6,7)/t16-,17+,19-;/m1./s1. The van der Waals surface area contributed by atoms with Crippen LogP contribution in [-0.2, 0) is 16.1 Å². The van der Waals surface area contributed by atoms with E-state index in [1.807, 2.05) is 18.7 Å². The first-order valence-corrected chi connectivity index (χ1v) is 10.0. The number of carbonyl (C=O) groups is 2. The van der Waals surface area contributed by atoms with Gasteiger partial charge in [-0.15, -0.1) is 0 Å². The van der Waals surface area contributed by atoms with Gasteiger partial charge in [-0.25, -0.2) is 4.79 Å². The second-order valence-corrected chi connectivity index (χ2v) is 8.02. The van der Waals surface area contributed by atoms with Gasteiger partial charge in [0.15, 0.2) is 0 Å². The molecule has 1 aromatic carbocycles. The lowest BCUT2D eigenvalue weighted by atomic mass is 9.85. The van der Waals surface area contributed by atoms with E-state index < -0.39 is 17.7 Å². The molecular formula is C21H26F3N3O3. The highest BCUT2D eigenvalue weighted by molar-refractivity contribution is 6.07. The van der Waals surface area contributed by atoms with Crippen molar-refractivity contribution in [2.45, 2.75) is 44.9 Å². The number of hydrogen-bond donors (Lipinski definition) is 1. The van der Waals surface area contributed by atoms with E-state index in [2.05, 4.69) is 35.2 Å². The molecule has 1 spiro atoms. The van der Waals surface area contributed by atoms with Gasteiger partial charge in [-0.1, -0.05) is 30.3 Å². The second-order valence-electron chi connectivity index (χ2n) is 8.02. The van der Waals surface area contributed by atoms with Crippen LogP contribution < -0.4 is 0 Å². The van der Waals surface area contributed by atoms with E-state index in [1.165, 1.54) is 5.56 Å². The molecule has 30 heavy (non-hydrogen) atoms. The van der Waals surface area contributed by atoms with E-state index in [1.54, 1.807) is 0 Å². The minimum absolute atomic E-state index is 0.256. The van der Waals surface area contributed by atoms with Gasteiger partial charge < -0.3 is 5.11 Å². The number of halogens is 3. The Labute approximate surface area is 173 Å². The zero-order valence-corrected chi connectivity index (χ0v) is 17.0. The summed E-state index contributed by atoms with van der Waals surface area (Å²) in [6.07, 6.45) is -3.01. The lowest BCUT2D eigenvalue weighted by molar-refractivity contribution is -0.192. The summed E-state index contributed by atoms with van der Waals surface area (Å²) < 4.78 is 31.7. The van der Waals surface area contributed by atoms with Crippen LogP contribution >= 0.6 is 0 Å². The van der Waals surface area contributed by atoms with Gasteiger partial charge in [-0.3, -0.25) is 19.6 Å². The number of carboxylic acid groups (broad SMARTS) is 1. The molecule has 2 heterocycles. The number of carbonyl (C=O) groups excluding carboxylic acids is 1. The zero-order valence-electron chi connectivity index (χ0n) is 17.0. The van der Waals surface area contributed by atoms with E-state index in [-0.39, 0.29) is 5.91 Å². The molecule has 1 saturated carbocycles. The van der Waals surface area contributed by atoms with Gasteiger partial charge in [0.1, 0.15) is 11.4 Å². The molecule has 0 bridgehead atoms. The minimum atomic E-state index is -5.08. The van der Waals surface area contributed by atoms with E-state index in [0.29, 0.717) is 11.8 Å². The van der Waals surface area contributed by atoms with Gasteiger partial charge in [0.05, 0.1) is 0 Å². The number of amides is 1. The largest absolute Gasteiger partial charge is 0.490 e. The number of likely N-dealkylation sites (N-methyl/N-ethyl adjacent to an activating group) is 1. The summed E-state index contributed by atoms with van der Waals surface area (Å²) in [6, 6.07) is 10.6. The molecule has 164 valence electrons. The fraction of sp³-hybridized carbons (Fsp3) is 0.571. The lowest BCUT2D eigenvalue weighted by Gasteiger charge is -2.28. The monoisotopic (exact) mass is 425 g/mol. The average molecular weight is 425 g/mol. The van der Waals surface area contributed by atoms with Crippen LogP contribution in [0.2, 0.25) is 0 Å². The molecule has 1 N–H and O–H groups in total. The maximum absolute atomic E-state index is 13.0. The third kappa shape index (κ3) is 4.21. The molecule has 0 aromatic heterocycles. The summed E-state index contributed by atoms with van der Waals surface area (Å²) in [6.45, 7) is 7.85. The molecule has 2 fully saturated rings. The topological polar surface area (TPSA) is 73.2 Å². The SMILES string of the molecule is CCN1C(=O)[C@]2(CC[C@@H]3CN(Cc4ccccc4)C[C@@H]32)N=C1C.O=C(O)C(F)(F)F. The Morgan fingerprint density at radius 3 is 2.43 bits per heavy atom. The van der Waals surface area contributed by atoms with E-state index in [4.69, 9.17) is 14.9 Å². The maximum atomic E-state index is 13.0. The van der Waals surface area contributed by atoms with Crippen LogP contribution in [0.4, 0.5) is 13.2 Å². The maximum Gasteiger partial charge on any atom is 0.490 e. The molecule has 3 aliphatic rings. The van der Waals surface area contributed by atoms with Gasteiger partial charge in [0.25, 0.3) is 5.91 Å². The van der Waals surface area contributed by atoms with Gasteiger partial charge in [-0.05, 0) is 38.2 Å². The first kappa shape index (κ1) is 22.3. The minimum Gasteiger partial charge on any atom is -0.475 e. The number of aliphatic imine (C=N–C) groups is 1. The van der Waals surface area contributed by atoms with Crippen molar-refractivity contribution < 1.29 is 27.9 Å². The van der Waals surface area contributed by atoms with Crippen molar-refractivity contribution in [3.8, 4) is 0 Å².